The number of Topliss-reactive ketones (excluding diaryl/α,β-unsaturated/α-hetero) is 1. The van der Waals surface area contributed by atoms with Gasteiger partial charge in [0.1, 0.15) is 82.0 Å². The van der Waals surface area contributed by atoms with Crippen LogP contribution in [0.5, 0.6) is 0 Å². The van der Waals surface area contributed by atoms with Crippen LogP contribution in [0, 0.1) is 116 Å². The summed E-state index contributed by atoms with van der Waals surface area (Å²) in [5.74, 6) is -73.6. The van der Waals surface area contributed by atoms with Gasteiger partial charge in [-0.25, -0.2) is 97.4 Å². The minimum Gasteiger partial charge on any atom is -0.465 e. The maximum atomic E-state index is 15.4. The number of methoxy groups -OCH3 is 2. The predicted octanol–water partition coefficient (Wildman–Crippen LogP) is 9.06. The van der Waals surface area contributed by atoms with Gasteiger partial charge in [-0.15, -0.1) is 21.9 Å². The van der Waals surface area contributed by atoms with Gasteiger partial charge in [-0.2, -0.15) is 0 Å². The van der Waals surface area contributed by atoms with Crippen LogP contribution in [0.4, 0.5) is 87.8 Å². The number of carbonyl (C=O) groups excluding carboxylic acids is 3. The van der Waals surface area contributed by atoms with Crippen LogP contribution in [-0.4, -0.2) is 44.2 Å². The van der Waals surface area contributed by atoms with E-state index in [2.05, 4.69) is 0 Å². The van der Waals surface area contributed by atoms with Gasteiger partial charge < -0.3 is 9.47 Å². The van der Waals surface area contributed by atoms with Gasteiger partial charge >= 0.3 is 11.9 Å². The zero-order chi connectivity index (χ0) is 58.2. The average molecular weight is 1140 g/mol. The van der Waals surface area contributed by atoms with Crippen molar-refractivity contribution in [1.29, 1.82) is 0 Å². The fourth-order valence-electron chi connectivity index (χ4n) is 8.78. The first-order valence-corrected chi connectivity index (χ1v) is 23.3. The third-order valence-electron chi connectivity index (χ3n) is 12.2. The average Bonchev–Trinajstić information content (AvgIpc) is 3.64. The van der Waals surface area contributed by atoms with Crippen molar-refractivity contribution in [3.8, 4) is 0 Å². The highest BCUT2D eigenvalue weighted by atomic mass is 31.2. The van der Waals surface area contributed by atoms with E-state index in [1.165, 1.54) is 21.1 Å². The van der Waals surface area contributed by atoms with Crippen LogP contribution in [0.1, 0.15) is 6.92 Å². The molecule has 0 saturated carbocycles. The minimum atomic E-state index is -7.22. The summed E-state index contributed by atoms with van der Waals surface area (Å²) in [6.45, 7) is 1.36. The quantitative estimate of drug-likeness (QED) is 0.0141. The Balaban J connectivity index is 0.000000265. The largest absolute Gasteiger partial charge is 0.465 e. The summed E-state index contributed by atoms with van der Waals surface area (Å²) in [6.07, 6.45) is -7.05. The number of benzene rings is 7. The first-order chi connectivity index (χ1) is 36.7. The molecule has 408 valence electrons. The monoisotopic (exact) mass is 1140 g/mol. The Labute approximate surface area is 425 Å². The lowest BCUT2D eigenvalue weighted by atomic mass is 9.12. The molecule has 7 rings (SSSR count). The van der Waals surface area contributed by atoms with Gasteiger partial charge in [0.25, 0.3) is 0 Å². The molecule has 0 fully saturated rings. The van der Waals surface area contributed by atoms with Gasteiger partial charge in [-0.3, -0.25) is 4.79 Å². The zero-order valence-corrected chi connectivity index (χ0v) is 39.9. The molecule has 0 bridgehead atoms. The summed E-state index contributed by atoms with van der Waals surface area (Å²) in [4.78, 5) is 38.2. The van der Waals surface area contributed by atoms with Crippen LogP contribution >= 0.6 is 7.26 Å². The molecule has 0 unspecified atom stereocenters. The van der Waals surface area contributed by atoms with Crippen molar-refractivity contribution in [2.24, 2.45) is 0 Å². The van der Waals surface area contributed by atoms with Crippen molar-refractivity contribution in [2.45, 2.75) is 6.92 Å². The van der Waals surface area contributed by atoms with Crippen molar-refractivity contribution in [3.05, 3.63) is 218 Å². The summed E-state index contributed by atoms with van der Waals surface area (Å²) in [5, 5.41) is 3.07. The van der Waals surface area contributed by atoms with E-state index in [0.29, 0.717) is 0 Å². The molecule has 5 nitrogen and oxygen atoms in total. The Morgan fingerprint density at radius 1 is 0.346 bits per heavy atom. The Hall–Kier alpha value is -8.02. The Morgan fingerprint density at radius 3 is 0.718 bits per heavy atom. The smallest absolute Gasteiger partial charge is 0.345 e. The lowest BCUT2D eigenvalue weighted by Gasteiger charge is -2.44. The maximum Gasteiger partial charge on any atom is 0.345 e. The standard InChI is InChI=1S/C27H26O5P.C24BF20/c1-20(28)24(25(26(29)31-2)27(30)32-3)19-33(21-13-7-4-8-14-21,22-15-9-5-10-16-22)23-17-11-6-12-18-23;26-5-1(6(27)14(35)21(42)13(5)34)25(2-7(28)15(36)22(43)16(37)8(2)29,3-9(30)17(38)23(44)18(39)10(3)31)4-11(32)19(40)24(45)20(41)12(4)33/h4-18H,19H2,1-3H3;/q+1;-1. The third-order valence-corrected chi connectivity index (χ3v) is 16.5. The van der Waals surface area contributed by atoms with Crippen molar-refractivity contribution in [3.63, 3.8) is 0 Å². The third kappa shape index (κ3) is 9.52. The maximum absolute atomic E-state index is 15.4. The second-order valence-corrected chi connectivity index (χ2v) is 19.7. The molecule has 78 heavy (non-hydrogen) atoms. The molecule has 0 aliphatic rings. The highest BCUT2D eigenvalue weighted by Gasteiger charge is 2.53. The molecule has 0 aromatic heterocycles. The lowest BCUT2D eigenvalue weighted by molar-refractivity contribution is -0.144. The molecule has 7 aromatic rings. The number of halogens is 20. The van der Waals surface area contributed by atoms with Crippen LogP contribution < -0.4 is 37.8 Å². The van der Waals surface area contributed by atoms with Crippen molar-refractivity contribution in [2.75, 3.05) is 20.4 Å². The van der Waals surface area contributed by atoms with Crippen LogP contribution in [0.2, 0.25) is 0 Å². The fourth-order valence-corrected chi connectivity index (χ4v) is 13.1. The first-order valence-electron chi connectivity index (χ1n) is 21.3. The second-order valence-electron chi connectivity index (χ2n) is 16.2. The molecule has 0 aliphatic heterocycles. The number of ether oxygens (including phenoxy) is 2. The van der Waals surface area contributed by atoms with E-state index in [9.17, 15) is 67.1 Å². The normalized spacial score (nSPS) is 11.5. The summed E-state index contributed by atoms with van der Waals surface area (Å²) in [6, 6.07) is 29.7. The van der Waals surface area contributed by atoms with Gasteiger partial charge in [-0.05, 0) is 43.3 Å². The number of hydrogen-bond donors (Lipinski definition) is 0. The van der Waals surface area contributed by atoms with Gasteiger partial charge in [0, 0.05) is 0 Å². The highest BCUT2D eigenvalue weighted by molar-refractivity contribution is 7.95. The van der Waals surface area contributed by atoms with E-state index in [1.807, 2.05) is 91.0 Å². The molecule has 0 atom stereocenters. The van der Waals surface area contributed by atoms with Crippen LogP contribution in [0.25, 0.3) is 0 Å². The van der Waals surface area contributed by atoms with Gasteiger partial charge in [0.2, 0.25) is 0 Å². The summed E-state index contributed by atoms with van der Waals surface area (Å²) in [7, 11) is -0.157. The SMILES string of the molecule is COC(=O)C(C(=O)OC)=C(C[P+](c1ccccc1)(c1ccccc1)c1ccccc1)C(C)=O.Fc1c(F)c(F)c([B-](c2c(F)c(F)c(F)c(F)c2F)(c2c(F)c(F)c(F)c(F)c2F)c2c(F)c(F)c(F)c(F)c2F)c(F)c1F. The molecular weight excluding hydrogens is 1110 g/mol. The van der Waals surface area contributed by atoms with Gasteiger partial charge in [0.15, 0.2) is 81.2 Å². The molecule has 0 aliphatic carbocycles. The highest BCUT2D eigenvalue weighted by Crippen LogP contribution is 2.57. The minimum absolute atomic E-state index is 0.0959. The van der Waals surface area contributed by atoms with Crippen molar-refractivity contribution in [1.82, 2.24) is 0 Å². The fraction of sp³-hybridized carbons (Fsp3) is 0.0784. The zero-order valence-electron chi connectivity index (χ0n) is 39.0. The molecule has 7 aromatic carbocycles. The molecular formula is C51H26BF20O5P. The Kier molecular flexibility index (Phi) is 17.4. The number of hydrogen-bond acceptors (Lipinski definition) is 5. The van der Waals surface area contributed by atoms with E-state index in [0.717, 1.165) is 15.9 Å². The van der Waals surface area contributed by atoms with E-state index in [4.69, 9.17) is 9.47 Å². The topological polar surface area (TPSA) is 69.7 Å². The molecule has 27 heteroatoms. The van der Waals surface area contributed by atoms with Crippen LogP contribution in [0.3, 0.4) is 0 Å². The van der Waals surface area contributed by atoms with Crippen LogP contribution in [-0.2, 0) is 23.9 Å². The van der Waals surface area contributed by atoms with Crippen LogP contribution in [0.15, 0.2) is 102 Å². The van der Waals surface area contributed by atoms with E-state index < -0.39 is 164 Å². The number of esters is 2. The summed E-state index contributed by atoms with van der Waals surface area (Å²) in [5.41, 5.74) is -14.6. The number of rotatable bonds is 12. The van der Waals surface area contributed by atoms with Gasteiger partial charge in [0.05, 0.1) is 19.8 Å². The van der Waals surface area contributed by atoms with Crippen molar-refractivity contribution < 1.29 is 112 Å². The van der Waals surface area contributed by atoms with E-state index in [-0.39, 0.29) is 23.1 Å². The molecule has 0 heterocycles. The van der Waals surface area contributed by atoms with Gasteiger partial charge in [-0.1, -0.05) is 54.6 Å². The molecule has 0 N–H and O–H groups in total. The first kappa shape index (κ1) is 59.2. The number of ketones is 1. The number of carbonyl (C=O) groups is 3. The van der Waals surface area contributed by atoms with E-state index >= 15 is 35.1 Å². The molecule has 0 spiro atoms. The van der Waals surface area contributed by atoms with Crippen molar-refractivity contribution >= 4 is 68.9 Å². The Bertz CT molecular complexity index is 3090. The Morgan fingerprint density at radius 2 is 0.538 bits per heavy atom. The summed E-state index contributed by atoms with van der Waals surface area (Å²) >= 11 is 0. The second kappa shape index (κ2) is 22.9. The molecule has 0 saturated heterocycles. The molecule has 0 amide bonds. The predicted molar refractivity (Wildman–Crippen MR) is 241 cm³/mol. The molecule has 0 radical (unpaired) electrons. The van der Waals surface area contributed by atoms with E-state index in [1.54, 1.807) is 0 Å². The number of allylic oxidation sites excluding steroid dienone is 1. The lowest BCUT2D eigenvalue weighted by Crippen LogP contribution is -2.81. The summed E-state index contributed by atoms with van der Waals surface area (Å²) < 4.78 is 304.